The van der Waals surface area contributed by atoms with E-state index in [1.54, 1.807) is 7.11 Å². The van der Waals surface area contributed by atoms with Gasteiger partial charge in [0.2, 0.25) is 5.96 Å². The van der Waals surface area contributed by atoms with Crippen molar-refractivity contribution in [3.8, 4) is 0 Å². The van der Waals surface area contributed by atoms with Gasteiger partial charge >= 0.3 is 0 Å². The number of methoxy groups -OCH3 is 1. The summed E-state index contributed by atoms with van der Waals surface area (Å²) in [6, 6.07) is 0. The third kappa shape index (κ3) is 4.34. The van der Waals surface area contributed by atoms with Gasteiger partial charge in [-0.15, -0.1) is 0 Å². The van der Waals surface area contributed by atoms with Crippen LogP contribution in [0.15, 0.2) is 4.99 Å². The fraction of sp³-hybridized carbons (Fsp3) is 0.900. The highest BCUT2D eigenvalue weighted by atomic mass is 16.5. The van der Waals surface area contributed by atoms with Gasteiger partial charge in [-0.05, 0) is 13.3 Å². The molecule has 1 atom stereocenters. The molecule has 0 aliphatic carbocycles. The number of nitrogens with zero attached hydrogens (tertiary/aromatic N) is 2. The summed E-state index contributed by atoms with van der Waals surface area (Å²) in [5.41, 5.74) is 2.64. The van der Waals surface area contributed by atoms with Crippen molar-refractivity contribution in [2.24, 2.45) is 10.8 Å². The molecule has 0 aromatic rings. The Kier molecular flexibility index (Phi) is 6.14. The van der Waals surface area contributed by atoms with Crippen LogP contribution in [0, 0.1) is 0 Å². The largest absolute Gasteiger partial charge is 0.383 e. The Morgan fingerprint density at radius 3 is 3.19 bits per heavy atom. The lowest BCUT2D eigenvalue weighted by molar-refractivity contribution is 0.0740. The monoisotopic (exact) mass is 230 g/mol. The van der Waals surface area contributed by atoms with E-state index in [0.717, 1.165) is 32.1 Å². The molecule has 6 heteroatoms. The summed E-state index contributed by atoms with van der Waals surface area (Å²) in [5, 5.41) is 0. The smallest absolute Gasteiger partial charge is 0.208 e. The number of nitrogens with one attached hydrogen (secondary N) is 1. The molecule has 0 spiro atoms. The fourth-order valence-corrected chi connectivity index (χ4v) is 1.67. The minimum absolute atomic E-state index is 0.212. The van der Waals surface area contributed by atoms with Crippen molar-refractivity contribution in [1.29, 1.82) is 0 Å². The van der Waals surface area contributed by atoms with Gasteiger partial charge in [-0.3, -0.25) is 5.43 Å². The van der Waals surface area contributed by atoms with Crippen LogP contribution in [0.2, 0.25) is 0 Å². The first kappa shape index (κ1) is 13.2. The lowest BCUT2D eigenvalue weighted by Gasteiger charge is -2.25. The van der Waals surface area contributed by atoms with E-state index in [1.807, 2.05) is 0 Å². The normalized spacial score (nSPS) is 23.1. The lowest BCUT2D eigenvalue weighted by Crippen LogP contribution is -2.47. The second-order valence-electron chi connectivity index (χ2n) is 3.82. The molecule has 0 amide bonds. The third-order valence-electron chi connectivity index (χ3n) is 2.44. The fourth-order valence-electron chi connectivity index (χ4n) is 1.67. The van der Waals surface area contributed by atoms with E-state index in [-0.39, 0.29) is 6.10 Å². The molecular formula is C10H22N4O2. The maximum absolute atomic E-state index is 5.56. The highest BCUT2D eigenvalue weighted by Gasteiger charge is 2.17. The second-order valence-corrected chi connectivity index (χ2v) is 3.82. The Hall–Kier alpha value is -0.850. The molecule has 1 saturated heterocycles. The van der Waals surface area contributed by atoms with Crippen LogP contribution in [0.4, 0.5) is 0 Å². The molecule has 94 valence electrons. The van der Waals surface area contributed by atoms with Gasteiger partial charge in [0, 0.05) is 26.8 Å². The third-order valence-corrected chi connectivity index (χ3v) is 2.44. The predicted molar refractivity (Wildman–Crippen MR) is 63.1 cm³/mol. The Bertz CT molecular complexity index is 223. The molecule has 1 heterocycles. The SMILES string of the molecule is COCCN=C(NN)N1CCCOC(C)C1. The Balaban J connectivity index is 2.52. The first-order valence-electron chi connectivity index (χ1n) is 5.64. The molecule has 0 saturated carbocycles. The van der Waals surface area contributed by atoms with Gasteiger partial charge in [0.25, 0.3) is 0 Å². The molecule has 0 bridgehead atoms. The summed E-state index contributed by atoms with van der Waals surface area (Å²) >= 11 is 0. The van der Waals surface area contributed by atoms with Crippen LogP contribution in [0.25, 0.3) is 0 Å². The molecule has 3 N–H and O–H groups in total. The van der Waals surface area contributed by atoms with Gasteiger partial charge in [0.1, 0.15) is 0 Å². The quantitative estimate of drug-likeness (QED) is 0.226. The van der Waals surface area contributed by atoms with Crippen molar-refractivity contribution in [2.75, 3.05) is 40.0 Å². The number of aliphatic imine (C=N–C) groups is 1. The maximum Gasteiger partial charge on any atom is 0.208 e. The first-order chi connectivity index (χ1) is 7.77. The van der Waals surface area contributed by atoms with E-state index < -0.39 is 0 Å². The topological polar surface area (TPSA) is 72.1 Å². The average Bonchev–Trinajstić information content (AvgIpc) is 2.49. The van der Waals surface area contributed by atoms with Crippen LogP contribution < -0.4 is 11.3 Å². The number of rotatable bonds is 3. The van der Waals surface area contributed by atoms with Crippen LogP contribution in [0.1, 0.15) is 13.3 Å². The van der Waals surface area contributed by atoms with Crippen LogP contribution in [-0.4, -0.2) is 56.9 Å². The molecule has 1 fully saturated rings. The highest BCUT2D eigenvalue weighted by molar-refractivity contribution is 5.79. The summed E-state index contributed by atoms with van der Waals surface area (Å²) in [6.07, 6.45) is 1.21. The maximum atomic E-state index is 5.56. The minimum atomic E-state index is 0.212. The molecule has 6 nitrogen and oxygen atoms in total. The zero-order valence-corrected chi connectivity index (χ0v) is 10.1. The molecular weight excluding hydrogens is 208 g/mol. The number of nitrogens with two attached hydrogens (primary N) is 1. The van der Waals surface area contributed by atoms with Crippen LogP contribution >= 0.6 is 0 Å². The van der Waals surface area contributed by atoms with E-state index in [0.29, 0.717) is 13.2 Å². The van der Waals surface area contributed by atoms with Gasteiger partial charge in [-0.2, -0.15) is 0 Å². The van der Waals surface area contributed by atoms with E-state index in [9.17, 15) is 0 Å². The minimum Gasteiger partial charge on any atom is -0.383 e. The molecule has 1 aliphatic rings. The standard InChI is InChI=1S/C10H22N4O2/c1-9-8-14(5-3-6-16-9)10(13-11)12-4-7-15-2/h9H,3-8,11H2,1-2H3,(H,12,13). The van der Waals surface area contributed by atoms with E-state index in [4.69, 9.17) is 15.3 Å². The number of hydrazine groups is 1. The molecule has 1 rings (SSSR count). The Morgan fingerprint density at radius 1 is 1.69 bits per heavy atom. The number of guanidine groups is 1. The number of hydrogen-bond donors (Lipinski definition) is 2. The van der Waals surface area contributed by atoms with E-state index in [2.05, 4.69) is 22.2 Å². The van der Waals surface area contributed by atoms with Gasteiger partial charge in [0.05, 0.1) is 19.3 Å². The van der Waals surface area contributed by atoms with Crippen molar-refractivity contribution in [3.05, 3.63) is 0 Å². The molecule has 1 aliphatic heterocycles. The van der Waals surface area contributed by atoms with Crippen molar-refractivity contribution >= 4 is 5.96 Å². The first-order valence-corrected chi connectivity index (χ1v) is 5.64. The highest BCUT2D eigenvalue weighted by Crippen LogP contribution is 2.05. The predicted octanol–water partition coefficient (Wildman–Crippen LogP) is -0.437. The van der Waals surface area contributed by atoms with Crippen molar-refractivity contribution in [2.45, 2.75) is 19.4 Å². The average molecular weight is 230 g/mol. The van der Waals surface area contributed by atoms with E-state index >= 15 is 0 Å². The lowest BCUT2D eigenvalue weighted by atomic mass is 10.3. The Morgan fingerprint density at radius 2 is 2.50 bits per heavy atom. The van der Waals surface area contributed by atoms with Crippen molar-refractivity contribution in [1.82, 2.24) is 10.3 Å². The van der Waals surface area contributed by atoms with Gasteiger partial charge in [-0.1, -0.05) is 0 Å². The summed E-state index contributed by atoms with van der Waals surface area (Å²) in [7, 11) is 1.66. The van der Waals surface area contributed by atoms with Gasteiger partial charge in [0.15, 0.2) is 0 Å². The summed E-state index contributed by atoms with van der Waals surface area (Å²) in [5.74, 6) is 6.20. The summed E-state index contributed by atoms with van der Waals surface area (Å²) < 4.78 is 10.5. The van der Waals surface area contributed by atoms with Gasteiger partial charge < -0.3 is 14.4 Å². The Labute approximate surface area is 96.8 Å². The van der Waals surface area contributed by atoms with Crippen LogP contribution in [0.3, 0.4) is 0 Å². The molecule has 0 radical (unpaired) electrons. The van der Waals surface area contributed by atoms with Crippen molar-refractivity contribution < 1.29 is 9.47 Å². The molecule has 1 unspecified atom stereocenters. The van der Waals surface area contributed by atoms with Crippen LogP contribution in [-0.2, 0) is 9.47 Å². The number of ether oxygens (including phenoxy) is 2. The second kappa shape index (κ2) is 7.43. The molecule has 0 aromatic carbocycles. The molecule has 0 aromatic heterocycles. The van der Waals surface area contributed by atoms with Crippen molar-refractivity contribution in [3.63, 3.8) is 0 Å². The number of hydrogen-bond acceptors (Lipinski definition) is 4. The molecule has 16 heavy (non-hydrogen) atoms. The van der Waals surface area contributed by atoms with Crippen LogP contribution in [0.5, 0.6) is 0 Å². The van der Waals surface area contributed by atoms with E-state index in [1.165, 1.54) is 0 Å². The summed E-state index contributed by atoms with van der Waals surface area (Å²) in [6.45, 7) is 5.80. The summed E-state index contributed by atoms with van der Waals surface area (Å²) in [4.78, 5) is 6.48. The zero-order chi connectivity index (χ0) is 11.8. The van der Waals surface area contributed by atoms with Gasteiger partial charge in [-0.25, -0.2) is 10.8 Å². The zero-order valence-electron chi connectivity index (χ0n) is 10.1.